The molecule has 0 fully saturated rings. The molecule has 1 aromatic carbocycles. The van der Waals surface area contributed by atoms with Crippen molar-refractivity contribution in [3.8, 4) is 0 Å². The molecule has 0 bridgehead atoms. The zero-order valence-electron chi connectivity index (χ0n) is 9.96. The summed E-state index contributed by atoms with van der Waals surface area (Å²) >= 11 is 3.20. The second kappa shape index (κ2) is 6.71. The molecule has 0 spiro atoms. The summed E-state index contributed by atoms with van der Waals surface area (Å²) < 4.78 is 13.7. The first-order chi connectivity index (χ1) is 8.04. The first-order valence-corrected chi connectivity index (χ1v) is 6.22. The summed E-state index contributed by atoms with van der Waals surface area (Å²) in [5.74, 6) is -0.309. The Balaban J connectivity index is 2.59. The number of halogens is 2. The summed E-state index contributed by atoms with van der Waals surface area (Å²) in [7, 11) is 1.83. The van der Waals surface area contributed by atoms with Crippen LogP contribution in [0.5, 0.6) is 0 Å². The number of hydrogen-bond donors (Lipinski definition) is 1. The SMILES string of the molecule is CCNC(=O)CN(C)Cc1cccc(F)c1Br. The van der Waals surface area contributed by atoms with Crippen LogP contribution in [-0.2, 0) is 11.3 Å². The highest BCUT2D eigenvalue weighted by atomic mass is 79.9. The molecule has 1 rings (SSSR count). The van der Waals surface area contributed by atoms with E-state index in [1.807, 2.05) is 24.9 Å². The van der Waals surface area contributed by atoms with Crippen LogP contribution in [0.25, 0.3) is 0 Å². The van der Waals surface area contributed by atoms with Gasteiger partial charge in [0.2, 0.25) is 5.91 Å². The minimum Gasteiger partial charge on any atom is -0.355 e. The van der Waals surface area contributed by atoms with E-state index in [1.165, 1.54) is 6.07 Å². The summed E-state index contributed by atoms with van der Waals surface area (Å²) in [6.07, 6.45) is 0. The molecule has 0 heterocycles. The maximum absolute atomic E-state index is 13.3. The lowest BCUT2D eigenvalue weighted by Crippen LogP contribution is -2.34. The molecule has 1 amide bonds. The molecule has 94 valence electrons. The van der Waals surface area contributed by atoms with Crippen molar-refractivity contribution in [2.75, 3.05) is 20.1 Å². The van der Waals surface area contributed by atoms with Crippen molar-refractivity contribution in [1.29, 1.82) is 0 Å². The number of carbonyl (C=O) groups is 1. The number of likely N-dealkylation sites (N-methyl/N-ethyl adjacent to an activating group) is 2. The van der Waals surface area contributed by atoms with Crippen molar-refractivity contribution in [3.63, 3.8) is 0 Å². The minimum absolute atomic E-state index is 0.0254. The zero-order chi connectivity index (χ0) is 12.8. The normalized spacial score (nSPS) is 10.6. The molecule has 0 saturated carbocycles. The maximum Gasteiger partial charge on any atom is 0.234 e. The predicted octanol–water partition coefficient (Wildman–Crippen LogP) is 2.16. The van der Waals surface area contributed by atoms with Crippen LogP contribution in [0.15, 0.2) is 22.7 Å². The van der Waals surface area contributed by atoms with Gasteiger partial charge in [-0.3, -0.25) is 9.69 Å². The van der Waals surface area contributed by atoms with Gasteiger partial charge in [-0.05, 0) is 41.5 Å². The molecule has 17 heavy (non-hydrogen) atoms. The Kier molecular flexibility index (Phi) is 5.58. The van der Waals surface area contributed by atoms with Gasteiger partial charge >= 0.3 is 0 Å². The van der Waals surface area contributed by atoms with E-state index >= 15 is 0 Å². The molecule has 3 nitrogen and oxygen atoms in total. The maximum atomic E-state index is 13.3. The lowest BCUT2D eigenvalue weighted by Gasteiger charge is -2.17. The minimum atomic E-state index is -0.283. The Morgan fingerprint density at radius 1 is 1.53 bits per heavy atom. The quantitative estimate of drug-likeness (QED) is 0.904. The molecule has 0 saturated heterocycles. The van der Waals surface area contributed by atoms with Gasteiger partial charge in [-0.15, -0.1) is 0 Å². The van der Waals surface area contributed by atoms with Crippen molar-refractivity contribution in [2.24, 2.45) is 0 Å². The fourth-order valence-corrected chi connectivity index (χ4v) is 1.91. The smallest absolute Gasteiger partial charge is 0.234 e. The third kappa shape index (κ3) is 4.44. The van der Waals surface area contributed by atoms with E-state index in [0.29, 0.717) is 24.1 Å². The summed E-state index contributed by atoms with van der Waals surface area (Å²) in [5, 5.41) is 2.72. The average Bonchev–Trinajstić information content (AvgIpc) is 2.25. The van der Waals surface area contributed by atoms with Crippen LogP contribution in [0, 0.1) is 5.82 Å². The second-order valence-electron chi connectivity index (χ2n) is 3.84. The van der Waals surface area contributed by atoms with Gasteiger partial charge in [-0.2, -0.15) is 0 Å². The van der Waals surface area contributed by atoms with E-state index in [2.05, 4.69) is 21.2 Å². The van der Waals surface area contributed by atoms with Crippen LogP contribution < -0.4 is 5.32 Å². The van der Waals surface area contributed by atoms with Gasteiger partial charge in [0.1, 0.15) is 5.82 Å². The molecular weight excluding hydrogens is 287 g/mol. The average molecular weight is 303 g/mol. The van der Waals surface area contributed by atoms with Gasteiger partial charge < -0.3 is 5.32 Å². The Hall–Kier alpha value is -0.940. The summed E-state index contributed by atoms with van der Waals surface area (Å²) in [6.45, 7) is 3.32. The van der Waals surface area contributed by atoms with Crippen LogP contribution in [0.1, 0.15) is 12.5 Å². The Bertz CT molecular complexity index is 398. The lowest BCUT2D eigenvalue weighted by atomic mass is 10.2. The standard InChI is InChI=1S/C12H16BrFN2O/c1-3-15-11(17)8-16(2)7-9-5-4-6-10(14)12(9)13/h4-6H,3,7-8H2,1-2H3,(H,15,17). The van der Waals surface area contributed by atoms with Crippen molar-refractivity contribution >= 4 is 21.8 Å². The number of carbonyl (C=O) groups excluding carboxylic acids is 1. The molecule has 0 aliphatic carbocycles. The molecule has 0 aromatic heterocycles. The molecule has 5 heteroatoms. The van der Waals surface area contributed by atoms with Crippen LogP contribution in [0.2, 0.25) is 0 Å². The third-order valence-corrected chi connectivity index (χ3v) is 3.15. The molecule has 0 unspecified atom stereocenters. The summed E-state index contributed by atoms with van der Waals surface area (Å²) in [5.41, 5.74) is 0.830. The van der Waals surface area contributed by atoms with E-state index < -0.39 is 0 Å². The van der Waals surface area contributed by atoms with Crippen molar-refractivity contribution < 1.29 is 9.18 Å². The predicted molar refractivity (Wildman–Crippen MR) is 69.1 cm³/mol. The summed E-state index contributed by atoms with van der Waals surface area (Å²) in [4.78, 5) is 13.2. The number of rotatable bonds is 5. The number of benzene rings is 1. The van der Waals surface area contributed by atoms with Crippen LogP contribution in [0.3, 0.4) is 0 Å². The van der Waals surface area contributed by atoms with Crippen molar-refractivity contribution in [3.05, 3.63) is 34.1 Å². The Labute approximate surface area is 109 Å². The number of hydrogen-bond acceptors (Lipinski definition) is 2. The molecule has 0 atom stereocenters. The highest BCUT2D eigenvalue weighted by molar-refractivity contribution is 9.10. The molecule has 0 aliphatic rings. The largest absolute Gasteiger partial charge is 0.355 e. The van der Waals surface area contributed by atoms with Gasteiger partial charge in [0, 0.05) is 13.1 Å². The lowest BCUT2D eigenvalue weighted by molar-refractivity contribution is -0.121. The fraction of sp³-hybridized carbons (Fsp3) is 0.417. The topological polar surface area (TPSA) is 32.3 Å². The van der Waals surface area contributed by atoms with Crippen LogP contribution in [0.4, 0.5) is 4.39 Å². The van der Waals surface area contributed by atoms with Gasteiger partial charge in [0.15, 0.2) is 0 Å². The summed E-state index contributed by atoms with van der Waals surface area (Å²) in [6, 6.07) is 4.90. The molecular formula is C12H16BrFN2O. The fourth-order valence-electron chi connectivity index (χ4n) is 1.52. The van der Waals surface area contributed by atoms with E-state index in [-0.39, 0.29) is 11.7 Å². The third-order valence-electron chi connectivity index (χ3n) is 2.26. The van der Waals surface area contributed by atoms with Crippen LogP contribution >= 0.6 is 15.9 Å². The highest BCUT2D eigenvalue weighted by Gasteiger charge is 2.10. The van der Waals surface area contributed by atoms with Gasteiger partial charge in [0.25, 0.3) is 0 Å². The number of nitrogens with one attached hydrogen (secondary N) is 1. The second-order valence-corrected chi connectivity index (χ2v) is 4.63. The van der Waals surface area contributed by atoms with E-state index in [4.69, 9.17) is 0 Å². The van der Waals surface area contributed by atoms with E-state index in [0.717, 1.165) is 5.56 Å². The highest BCUT2D eigenvalue weighted by Crippen LogP contribution is 2.21. The Morgan fingerprint density at radius 3 is 2.88 bits per heavy atom. The molecule has 0 radical (unpaired) electrons. The van der Waals surface area contributed by atoms with Gasteiger partial charge in [0.05, 0.1) is 11.0 Å². The number of nitrogens with zero attached hydrogens (tertiary/aromatic N) is 1. The number of amides is 1. The molecule has 0 aliphatic heterocycles. The van der Waals surface area contributed by atoms with Crippen molar-refractivity contribution in [1.82, 2.24) is 10.2 Å². The van der Waals surface area contributed by atoms with Gasteiger partial charge in [-0.25, -0.2) is 4.39 Å². The molecule has 1 aromatic rings. The zero-order valence-corrected chi connectivity index (χ0v) is 11.6. The monoisotopic (exact) mass is 302 g/mol. The molecule has 1 N–H and O–H groups in total. The van der Waals surface area contributed by atoms with E-state index in [1.54, 1.807) is 6.07 Å². The van der Waals surface area contributed by atoms with Crippen LogP contribution in [-0.4, -0.2) is 30.9 Å². The van der Waals surface area contributed by atoms with Gasteiger partial charge in [-0.1, -0.05) is 12.1 Å². The van der Waals surface area contributed by atoms with Crippen molar-refractivity contribution in [2.45, 2.75) is 13.5 Å². The first-order valence-electron chi connectivity index (χ1n) is 5.42. The van der Waals surface area contributed by atoms with E-state index in [9.17, 15) is 9.18 Å². The first kappa shape index (κ1) is 14.1. The Morgan fingerprint density at radius 2 is 2.24 bits per heavy atom.